The van der Waals surface area contributed by atoms with Crippen molar-refractivity contribution in [2.45, 2.75) is 13.0 Å². The normalized spacial score (nSPS) is 11.8. The van der Waals surface area contributed by atoms with Crippen LogP contribution < -0.4 is 14.8 Å². The highest BCUT2D eigenvalue weighted by Gasteiger charge is 2.12. The molecule has 0 fully saturated rings. The average Bonchev–Trinajstić information content (AvgIpc) is 2.38. The van der Waals surface area contributed by atoms with Crippen LogP contribution in [0.25, 0.3) is 0 Å². The number of hydrogen-bond acceptors (Lipinski definition) is 4. The number of carbonyl (C=O) groups is 1. The van der Waals surface area contributed by atoms with Crippen LogP contribution >= 0.6 is 0 Å². The van der Waals surface area contributed by atoms with Gasteiger partial charge in [-0.2, -0.15) is 0 Å². The van der Waals surface area contributed by atoms with Crippen molar-refractivity contribution in [1.29, 1.82) is 0 Å². The Morgan fingerprint density at radius 2 is 1.72 bits per heavy atom. The van der Waals surface area contributed by atoms with Crippen molar-refractivity contribution in [3.05, 3.63) is 23.8 Å². The van der Waals surface area contributed by atoms with Crippen molar-refractivity contribution in [2.75, 3.05) is 27.9 Å². The van der Waals surface area contributed by atoms with Gasteiger partial charge in [0.25, 0.3) is 5.91 Å². The predicted molar refractivity (Wildman–Crippen MR) is 68.4 cm³/mol. The SMILES string of the molecule is COC[C@H](C)NC(=O)c1cc(OC)cc(OC)c1. The molecule has 1 N–H and O–H groups in total. The summed E-state index contributed by atoms with van der Waals surface area (Å²) in [6.07, 6.45) is 0. The van der Waals surface area contributed by atoms with Crippen molar-refractivity contribution in [3.63, 3.8) is 0 Å². The van der Waals surface area contributed by atoms with E-state index in [4.69, 9.17) is 14.2 Å². The second kappa shape index (κ2) is 6.86. The second-order valence-corrected chi connectivity index (χ2v) is 3.93. The lowest BCUT2D eigenvalue weighted by Gasteiger charge is -2.14. The van der Waals surface area contributed by atoms with E-state index >= 15 is 0 Å². The van der Waals surface area contributed by atoms with Gasteiger partial charge in [0.2, 0.25) is 0 Å². The maximum absolute atomic E-state index is 12.0. The van der Waals surface area contributed by atoms with Crippen molar-refractivity contribution >= 4 is 5.91 Å². The number of ether oxygens (including phenoxy) is 3. The van der Waals surface area contributed by atoms with Gasteiger partial charge in [0, 0.05) is 24.8 Å². The van der Waals surface area contributed by atoms with Crippen molar-refractivity contribution in [2.24, 2.45) is 0 Å². The molecule has 1 aromatic carbocycles. The molecule has 0 aliphatic heterocycles. The molecular formula is C13H19NO4. The summed E-state index contributed by atoms with van der Waals surface area (Å²) in [5.74, 6) is 0.981. The zero-order chi connectivity index (χ0) is 13.5. The van der Waals surface area contributed by atoms with Crippen molar-refractivity contribution in [1.82, 2.24) is 5.32 Å². The van der Waals surface area contributed by atoms with E-state index in [-0.39, 0.29) is 11.9 Å². The fraction of sp³-hybridized carbons (Fsp3) is 0.462. The van der Waals surface area contributed by atoms with Gasteiger partial charge in [0.05, 0.1) is 20.8 Å². The zero-order valence-electron chi connectivity index (χ0n) is 11.1. The van der Waals surface area contributed by atoms with Gasteiger partial charge in [0.1, 0.15) is 11.5 Å². The molecule has 0 bridgehead atoms. The van der Waals surface area contributed by atoms with Crippen LogP contribution in [0.1, 0.15) is 17.3 Å². The summed E-state index contributed by atoms with van der Waals surface area (Å²) in [4.78, 5) is 12.0. The smallest absolute Gasteiger partial charge is 0.251 e. The van der Waals surface area contributed by atoms with Crippen molar-refractivity contribution in [3.8, 4) is 11.5 Å². The minimum absolute atomic E-state index is 0.0558. The lowest BCUT2D eigenvalue weighted by Crippen LogP contribution is -2.35. The number of carbonyl (C=O) groups excluding carboxylic acids is 1. The monoisotopic (exact) mass is 253 g/mol. The quantitative estimate of drug-likeness (QED) is 0.834. The molecule has 1 atom stereocenters. The third-order valence-electron chi connectivity index (χ3n) is 2.41. The summed E-state index contributed by atoms with van der Waals surface area (Å²) in [5.41, 5.74) is 0.495. The van der Waals surface area contributed by atoms with E-state index in [0.717, 1.165) is 0 Å². The summed E-state index contributed by atoms with van der Waals surface area (Å²) in [6.45, 7) is 2.34. The number of hydrogen-bond donors (Lipinski definition) is 1. The first-order valence-electron chi connectivity index (χ1n) is 5.63. The molecule has 5 heteroatoms. The molecule has 0 heterocycles. The zero-order valence-corrected chi connectivity index (χ0v) is 11.1. The summed E-state index contributed by atoms with van der Waals surface area (Å²) < 4.78 is 15.2. The van der Waals surface area contributed by atoms with Gasteiger partial charge in [0.15, 0.2) is 0 Å². The number of benzene rings is 1. The molecule has 100 valence electrons. The van der Waals surface area contributed by atoms with Crippen LogP contribution in [-0.4, -0.2) is 39.9 Å². The van der Waals surface area contributed by atoms with E-state index in [9.17, 15) is 4.79 Å². The van der Waals surface area contributed by atoms with Crippen LogP contribution in [0.4, 0.5) is 0 Å². The highest BCUT2D eigenvalue weighted by molar-refractivity contribution is 5.95. The molecule has 1 rings (SSSR count). The molecular weight excluding hydrogens is 234 g/mol. The molecule has 5 nitrogen and oxygen atoms in total. The van der Waals surface area contributed by atoms with Crippen molar-refractivity contribution < 1.29 is 19.0 Å². The van der Waals surface area contributed by atoms with Gasteiger partial charge in [-0.3, -0.25) is 4.79 Å². The maximum atomic E-state index is 12.0. The van der Waals surface area contributed by atoms with E-state index in [0.29, 0.717) is 23.7 Å². The minimum atomic E-state index is -0.184. The van der Waals surface area contributed by atoms with Crippen LogP contribution in [0.5, 0.6) is 11.5 Å². The minimum Gasteiger partial charge on any atom is -0.497 e. The van der Waals surface area contributed by atoms with Gasteiger partial charge in [-0.15, -0.1) is 0 Å². The topological polar surface area (TPSA) is 56.8 Å². The fourth-order valence-electron chi connectivity index (χ4n) is 1.54. The van der Waals surface area contributed by atoms with Crippen LogP contribution in [0.3, 0.4) is 0 Å². The summed E-state index contributed by atoms with van der Waals surface area (Å²) >= 11 is 0. The highest BCUT2D eigenvalue weighted by atomic mass is 16.5. The van der Waals surface area contributed by atoms with Crippen LogP contribution in [-0.2, 0) is 4.74 Å². The number of rotatable bonds is 6. The van der Waals surface area contributed by atoms with E-state index in [2.05, 4.69) is 5.32 Å². The predicted octanol–water partition coefficient (Wildman–Crippen LogP) is 1.47. The van der Waals surface area contributed by atoms with E-state index < -0.39 is 0 Å². The highest BCUT2D eigenvalue weighted by Crippen LogP contribution is 2.22. The van der Waals surface area contributed by atoms with Gasteiger partial charge in [-0.25, -0.2) is 0 Å². The van der Waals surface area contributed by atoms with Crippen LogP contribution in [0, 0.1) is 0 Å². The Balaban J connectivity index is 2.84. The molecule has 0 unspecified atom stereocenters. The molecule has 0 aliphatic rings. The summed E-state index contributed by atoms with van der Waals surface area (Å²) in [5, 5.41) is 2.82. The van der Waals surface area contributed by atoms with Crippen LogP contribution in [0.15, 0.2) is 18.2 Å². The Labute approximate surface area is 107 Å². The third kappa shape index (κ3) is 3.92. The van der Waals surface area contributed by atoms with E-state index in [1.165, 1.54) is 0 Å². The Hall–Kier alpha value is -1.75. The van der Waals surface area contributed by atoms with Gasteiger partial charge < -0.3 is 19.5 Å². The molecule has 0 saturated heterocycles. The van der Waals surface area contributed by atoms with Gasteiger partial charge >= 0.3 is 0 Å². The first kappa shape index (κ1) is 14.3. The Morgan fingerprint density at radius 3 is 2.17 bits per heavy atom. The van der Waals surface area contributed by atoms with Gasteiger partial charge in [-0.05, 0) is 19.1 Å². The molecule has 1 aromatic rings. The molecule has 0 radical (unpaired) electrons. The Bertz CT molecular complexity index is 384. The van der Waals surface area contributed by atoms with Crippen LogP contribution in [0.2, 0.25) is 0 Å². The second-order valence-electron chi connectivity index (χ2n) is 3.93. The first-order chi connectivity index (χ1) is 8.60. The van der Waals surface area contributed by atoms with E-state index in [1.807, 2.05) is 6.92 Å². The third-order valence-corrected chi connectivity index (χ3v) is 2.41. The molecule has 0 aliphatic carbocycles. The standard InChI is InChI=1S/C13H19NO4/c1-9(8-16-2)14-13(15)10-5-11(17-3)7-12(6-10)18-4/h5-7,9H,8H2,1-4H3,(H,14,15)/t9-/m0/s1. The largest absolute Gasteiger partial charge is 0.497 e. The lowest BCUT2D eigenvalue weighted by atomic mass is 10.1. The maximum Gasteiger partial charge on any atom is 0.251 e. The summed E-state index contributed by atoms with van der Waals surface area (Å²) in [7, 11) is 4.69. The summed E-state index contributed by atoms with van der Waals surface area (Å²) in [6, 6.07) is 4.99. The molecule has 18 heavy (non-hydrogen) atoms. The molecule has 1 amide bonds. The number of methoxy groups -OCH3 is 3. The Morgan fingerprint density at radius 1 is 1.17 bits per heavy atom. The lowest BCUT2D eigenvalue weighted by molar-refractivity contribution is 0.0905. The molecule has 0 aromatic heterocycles. The fourth-order valence-corrected chi connectivity index (χ4v) is 1.54. The molecule has 0 spiro atoms. The number of amides is 1. The first-order valence-corrected chi connectivity index (χ1v) is 5.63. The molecule has 0 saturated carbocycles. The van der Waals surface area contributed by atoms with Gasteiger partial charge in [-0.1, -0.05) is 0 Å². The average molecular weight is 253 g/mol. The number of nitrogens with one attached hydrogen (secondary N) is 1. The Kier molecular flexibility index (Phi) is 5.45. The van der Waals surface area contributed by atoms with E-state index in [1.54, 1.807) is 39.5 Å².